The van der Waals surface area contributed by atoms with E-state index in [1.165, 1.54) is 25.0 Å². The lowest BCUT2D eigenvalue weighted by Crippen LogP contribution is -2.19. The second kappa shape index (κ2) is 9.77. The van der Waals surface area contributed by atoms with E-state index in [4.69, 9.17) is 0 Å². The molecule has 3 aromatic rings. The van der Waals surface area contributed by atoms with Gasteiger partial charge in [-0.05, 0) is 87.3 Å². The van der Waals surface area contributed by atoms with Crippen LogP contribution < -0.4 is 10.0 Å². The fourth-order valence-corrected chi connectivity index (χ4v) is 5.08. The first-order valence-corrected chi connectivity index (χ1v) is 12.6. The zero-order chi connectivity index (χ0) is 23.4. The molecule has 1 amide bonds. The molecular weight excluding hydrogens is 434 g/mol. The van der Waals surface area contributed by atoms with Crippen LogP contribution in [0.2, 0.25) is 0 Å². The average molecular weight is 464 g/mol. The second-order valence-electron chi connectivity index (χ2n) is 8.59. The van der Waals surface area contributed by atoms with Crippen molar-refractivity contribution in [2.24, 2.45) is 0 Å². The molecule has 6 nitrogen and oxygen atoms in total. The number of anilines is 2. The maximum Gasteiger partial charge on any atom is 0.261 e. The predicted molar refractivity (Wildman–Crippen MR) is 132 cm³/mol. The van der Waals surface area contributed by atoms with Gasteiger partial charge in [0.15, 0.2) is 0 Å². The van der Waals surface area contributed by atoms with Crippen LogP contribution in [0, 0.1) is 13.8 Å². The molecule has 0 atom stereocenters. The normalized spacial score (nSPS) is 14.2. The number of likely N-dealkylation sites (tertiary alicyclic amines) is 1. The number of benzene rings is 3. The van der Waals surface area contributed by atoms with Crippen LogP contribution in [0.15, 0.2) is 71.6 Å². The summed E-state index contributed by atoms with van der Waals surface area (Å²) in [6, 6.07) is 19.5. The van der Waals surface area contributed by atoms with Crippen LogP contribution in [0.25, 0.3) is 0 Å². The Morgan fingerprint density at radius 3 is 2.36 bits per heavy atom. The molecule has 172 valence electrons. The minimum Gasteiger partial charge on any atom is -0.322 e. The minimum atomic E-state index is -3.83. The molecule has 0 aliphatic carbocycles. The van der Waals surface area contributed by atoms with Crippen LogP contribution >= 0.6 is 0 Å². The van der Waals surface area contributed by atoms with Crippen LogP contribution in [0.3, 0.4) is 0 Å². The van der Waals surface area contributed by atoms with Gasteiger partial charge in [0.25, 0.3) is 15.9 Å². The third-order valence-electron chi connectivity index (χ3n) is 5.86. The third kappa shape index (κ3) is 5.80. The van der Waals surface area contributed by atoms with Gasteiger partial charge in [0, 0.05) is 23.5 Å². The highest BCUT2D eigenvalue weighted by atomic mass is 32.2. The maximum absolute atomic E-state index is 13.0. The van der Waals surface area contributed by atoms with Crippen molar-refractivity contribution in [2.45, 2.75) is 38.1 Å². The molecule has 1 fully saturated rings. The first-order chi connectivity index (χ1) is 15.8. The zero-order valence-electron chi connectivity index (χ0n) is 19.0. The highest BCUT2D eigenvalue weighted by Gasteiger charge is 2.19. The van der Waals surface area contributed by atoms with Gasteiger partial charge in [-0.15, -0.1) is 0 Å². The molecule has 0 saturated carbocycles. The van der Waals surface area contributed by atoms with E-state index in [1.54, 1.807) is 25.1 Å². The SMILES string of the molecule is Cc1ccc(NS(=O)(=O)c2ccc(C)c(C(=O)Nc3cccc(CN4CCCC4)c3)c2)cc1. The van der Waals surface area contributed by atoms with Crippen molar-refractivity contribution < 1.29 is 13.2 Å². The summed E-state index contributed by atoms with van der Waals surface area (Å²) in [6.07, 6.45) is 2.46. The summed E-state index contributed by atoms with van der Waals surface area (Å²) in [7, 11) is -3.83. The molecule has 1 saturated heterocycles. The molecule has 1 heterocycles. The average Bonchev–Trinajstić information content (AvgIpc) is 3.28. The molecule has 7 heteroatoms. The monoisotopic (exact) mass is 463 g/mol. The lowest BCUT2D eigenvalue weighted by molar-refractivity contribution is 0.102. The number of amides is 1. The molecule has 0 unspecified atom stereocenters. The van der Waals surface area contributed by atoms with Crippen molar-refractivity contribution in [3.8, 4) is 0 Å². The van der Waals surface area contributed by atoms with Crippen molar-refractivity contribution in [3.05, 3.63) is 89.0 Å². The molecule has 3 aromatic carbocycles. The van der Waals surface area contributed by atoms with Crippen molar-refractivity contribution >= 4 is 27.3 Å². The Balaban J connectivity index is 1.51. The summed E-state index contributed by atoms with van der Waals surface area (Å²) in [5, 5.41) is 2.93. The third-order valence-corrected chi connectivity index (χ3v) is 7.24. The lowest BCUT2D eigenvalue weighted by atomic mass is 10.1. The van der Waals surface area contributed by atoms with Crippen LogP contribution in [-0.2, 0) is 16.6 Å². The number of carbonyl (C=O) groups excluding carboxylic acids is 1. The maximum atomic E-state index is 13.0. The molecule has 1 aliphatic heterocycles. The number of hydrogen-bond acceptors (Lipinski definition) is 4. The number of hydrogen-bond donors (Lipinski definition) is 2. The van der Waals surface area contributed by atoms with E-state index < -0.39 is 10.0 Å². The van der Waals surface area contributed by atoms with Crippen molar-refractivity contribution in [1.29, 1.82) is 0 Å². The zero-order valence-corrected chi connectivity index (χ0v) is 19.8. The Morgan fingerprint density at radius 1 is 0.909 bits per heavy atom. The van der Waals surface area contributed by atoms with E-state index in [-0.39, 0.29) is 10.8 Å². The van der Waals surface area contributed by atoms with Crippen molar-refractivity contribution in [3.63, 3.8) is 0 Å². The van der Waals surface area contributed by atoms with E-state index in [0.29, 0.717) is 22.5 Å². The van der Waals surface area contributed by atoms with Gasteiger partial charge in [0.1, 0.15) is 0 Å². The highest BCUT2D eigenvalue weighted by Crippen LogP contribution is 2.22. The molecule has 0 aromatic heterocycles. The Bertz CT molecular complexity index is 1250. The highest BCUT2D eigenvalue weighted by molar-refractivity contribution is 7.92. The largest absolute Gasteiger partial charge is 0.322 e. The summed E-state index contributed by atoms with van der Waals surface area (Å²) >= 11 is 0. The molecule has 1 aliphatic rings. The Morgan fingerprint density at radius 2 is 1.64 bits per heavy atom. The predicted octanol–water partition coefficient (Wildman–Crippen LogP) is 4.95. The number of rotatable bonds is 7. The number of nitrogens with one attached hydrogen (secondary N) is 2. The Hall–Kier alpha value is -3.16. The van der Waals surface area contributed by atoms with Crippen LogP contribution in [0.4, 0.5) is 11.4 Å². The minimum absolute atomic E-state index is 0.0432. The summed E-state index contributed by atoms with van der Waals surface area (Å²) in [4.78, 5) is 15.5. The van der Waals surface area contributed by atoms with Crippen LogP contribution in [0.1, 0.15) is 39.9 Å². The smallest absolute Gasteiger partial charge is 0.261 e. The van der Waals surface area contributed by atoms with Crippen molar-refractivity contribution in [1.82, 2.24) is 4.90 Å². The molecule has 2 N–H and O–H groups in total. The van der Waals surface area contributed by atoms with Gasteiger partial charge < -0.3 is 5.32 Å². The number of carbonyl (C=O) groups is 1. The van der Waals surface area contributed by atoms with Crippen LogP contribution in [-0.4, -0.2) is 32.3 Å². The first kappa shape index (κ1) is 23.0. The van der Waals surface area contributed by atoms with Gasteiger partial charge in [-0.3, -0.25) is 14.4 Å². The molecule has 4 rings (SSSR count). The van der Waals surface area contributed by atoms with E-state index in [0.717, 1.165) is 30.8 Å². The van der Waals surface area contributed by atoms with E-state index in [1.807, 2.05) is 37.3 Å². The number of nitrogens with zero attached hydrogens (tertiary/aromatic N) is 1. The van der Waals surface area contributed by atoms with E-state index in [2.05, 4.69) is 21.0 Å². The van der Waals surface area contributed by atoms with Crippen LogP contribution in [0.5, 0.6) is 0 Å². The Kier molecular flexibility index (Phi) is 6.81. The van der Waals surface area contributed by atoms with E-state index in [9.17, 15) is 13.2 Å². The molecule has 0 spiro atoms. The number of sulfonamides is 1. The fraction of sp³-hybridized carbons (Fsp3) is 0.269. The van der Waals surface area contributed by atoms with Gasteiger partial charge in [0.05, 0.1) is 4.90 Å². The van der Waals surface area contributed by atoms with Crippen molar-refractivity contribution in [2.75, 3.05) is 23.1 Å². The lowest BCUT2D eigenvalue weighted by Gasteiger charge is -2.16. The Labute approximate surface area is 195 Å². The summed E-state index contributed by atoms with van der Waals surface area (Å²) in [5.41, 5.74) is 4.38. The number of aryl methyl sites for hydroxylation is 2. The van der Waals surface area contributed by atoms with Gasteiger partial charge in [-0.2, -0.15) is 0 Å². The van der Waals surface area contributed by atoms with Gasteiger partial charge in [0.2, 0.25) is 0 Å². The van der Waals surface area contributed by atoms with Gasteiger partial charge >= 0.3 is 0 Å². The van der Waals surface area contributed by atoms with Gasteiger partial charge in [-0.1, -0.05) is 35.9 Å². The van der Waals surface area contributed by atoms with Gasteiger partial charge in [-0.25, -0.2) is 8.42 Å². The molecule has 0 radical (unpaired) electrons. The summed E-state index contributed by atoms with van der Waals surface area (Å²) in [5.74, 6) is -0.335. The molecule has 33 heavy (non-hydrogen) atoms. The summed E-state index contributed by atoms with van der Waals surface area (Å²) < 4.78 is 28.4. The molecular formula is C26H29N3O3S. The topological polar surface area (TPSA) is 78.5 Å². The fourth-order valence-electron chi connectivity index (χ4n) is 3.99. The summed E-state index contributed by atoms with van der Waals surface area (Å²) in [6.45, 7) is 6.80. The van der Waals surface area contributed by atoms with E-state index >= 15 is 0 Å². The standard InChI is InChI=1S/C26H29N3O3S/c1-19-8-11-22(12-9-19)28-33(31,32)24-13-10-20(2)25(17-24)26(30)27-23-7-5-6-21(16-23)18-29-14-3-4-15-29/h5-13,16-17,28H,3-4,14-15,18H2,1-2H3,(H,27,30). The molecule has 0 bridgehead atoms. The quantitative estimate of drug-likeness (QED) is 0.520. The second-order valence-corrected chi connectivity index (χ2v) is 10.3. The first-order valence-electron chi connectivity index (χ1n) is 11.1.